The van der Waals surface area contributed by atoms with E-state index in [1.54, 1.807) is 11.8 Å². The largest absolute Gasteiger partial charge is 0.462 e. The maximum atomic E-state index is 12.2. The van der Waals surface area contributed by atoms with Crippen LogP contribution in [0.2, 0.25) is 0 Å². The fourth-order valence-electron chi connectivity index (χ4n) is 1.93. The molecule has 0 fully saturated rings. The van der Waals surface area contributed by atoms with Crippen LogP contribution in [-0.2, 0) is 19.5 Å². The zero-order chi connectivity index (χ0) is 13.3. The number of aliphatic imine (C=N–C) groups is 1. The van der Waals surface area contributed by atoms with Crippen molar-refractivity contribution in [2.24, 2.45) is 4.99 Å². The Kier molecular flexibility index (Phi) is 3.56. The Morgan fingerprint density at radius 1 is 1.56 bits per heavy atom. The molecule has 0 amide bonds. The number of hydrogen-bond acceptors (Lipinski definition) is 5. The number of carbonyl (C=O) groups excluding carboxylic acids is 1. The molecule has 98 valence electrons. The molecule has 0 spiro atoms. The number of allylic oxidation sites excluding steroid dienone is 1. The first-order valence-electron chi connectivity index (χ1n) is 5.93. The molecule has 2 rings (SSSR count). The molecule has 2 aliphatic heterocycles. The molecular weight excluding hydrogens is 252 g/mol. The van der Waals surface area contributed by atoms with Crippen molar-refractivity contribution in [2.45, 2.75) is 27.2 Å². The topological polar surface area (TPSA) is 59.0 Å². The van der Waals surface area contributed by atoms with E-state index in [1.165, 1.54) is 0 Å². The van der Waals surface area contributed by atoms with E-state index in [2.05, 4.69) is 4.99 Å². The highest BCUT2D eigenvalue weighted by Crippen LogP contribution is 2.15. The fourth-order valence-corrected chi connectivity index (χ4v) is 3.14. The lowest BCUT2D eigenvalue weighted by Gasteiger charge is -2.21. The Balaban J connectivity index is 2.44. The summed E-state index contributed by atoms with van der Waals surface area (Å²) < 4.78 is 17.1. The lowest BCUT2D eigenvalue weighted by Crippen LogP contribution is -2.31. The number of carbonyl (C=O) groups is 1. The van der Waals surface area contributed by atoms with Crippen molar-refractivity contribution in [3.8, 4) is 0 Å². The number of fused-ring (bicyclic) bond motifs is 1. The van der Waals surface area contributed by atoms with Gasteiger partial charge >= 0.3 is 5.97 Å². The first-order chi connectivity index (χ1) is 8.58. The van der Waals surface area contributed by atoms with Crippen LogP contribution in [0.15, 0.2) is 16.8 Å². The molecule has 0 aliphatic carbocycles. The van der Waals surface area contributed by atoms with Crippen LogP contribution in [0.25, 0.3) is 0 Å². The zero-order valence-electron chi connectivity index (χ0n) is 10.7. The predicted octanol–water partition coefficient (Wildman–Crippen LogP) is 0.642. The lowest BCUT2D eigenvalue weighted by atomic mass is 10.1. The van der Waals surface area contributed by atoms with E-state index in [4.69, 9.17) is 4.74 Å². The van der Waals surface area contributed by atoms with Crippen molar-refractivity contribution in [1.29, 1.82) is 0 Å². The van der Waals surface area contributed by atoms with E-state index in [-0.39, 0.29) is 11.5 Å². The molecule has 0 bridgehead atoms. The molecule has 6 heteroatoms. The van der Waals surface area contributed by atoms with Gasteiger partial charge in [-0.05, 0) is 25.8 Å². The van der Waals surface area contributed by atoms with Gasteiger partial charge in [0.05, 0.1) is 23.1 Å². The summed E-state index contributed by atoms with van der Waals surface area (Å²) in [6.07, 6.45) is 2.68. The van der Waals surface area contributed by atoms with Crippen LogP contribution in [0.4, 0.5) is 0 Å². The first kappa shape index (κ1) is 12.9. The summed E-state index contributed by atoms with van der Waals surface area (Å²) in [5, 5.41) is 0.445. The van der Waals surface area contributed by atoms with Crippen molar-refractivity contribution in [2.75, 3.05) is 13.2 Å². The minimum absolute atomic E-state index is 0.275. The maximum absolute atomic E-state index is 12.2. The average molecular weight is 268 g/mol. The minimum Gasteiger partial charge on any atom is -0.462 e. The molecule has 0 aromatic carbocycles. The monoisotopic (exact) mass is 268 g/mol. The van der Waals surface area contributed by atoms with Gasteiger partial charge in [0.2, 0.25) is 5.11 Å². The number of ether oxygens (including phenoxy) is 1. The third kappa shape index (κ3) is 2.08. The standard InChI is InChI=1S/C12H16N2O3S/c1-4-9-8(3)6-14-7-10(11(15)17-5-2)18(16)12(14)13-9/h6H,4-5,7H2,1-3H3. The normalized spacial score (nSPS) is 18.6. The molecule has 5 nitrogen and oxygen atoms in total. The second-order valence-electron chi connectivity index (χ2n) is 4.05. The number of esters is 1. The molecular formula is C12H16N2O3S. The van der Waals surface area contributed by atoms with E-state index < -0.39 is 15.9 Å². The Labute approximate surface area is 108 Å². The van der Waals surface area contributed by atoms with E-state index in [0.29, 0.717) is 11.7 Å². The Morgan fingerprint density at radius 2 is 2.28 bits per heavy atom. The molecule has 0 unspecified atom stereocenters. The van der Waals surface area contributed by atoms with Gasteiger partial charge in [-0.15, -0.1) is 0 Å². The molecule has 0 aromatic heterocycles. The summed E-state index contributed by atoms with van der Waals surface area (Å²) in [5.41, 5.74) is 1.96. The summed E-state index contributed by atoms with van der Waals surface area (Å²) in [7, 11) is -1.49. The van der Waals surface area contributed by atoms with E-state index in [9.17, 15) is 9.00 Å². The Hall–Kier alpha value is -1.56. The van der Waals surface area contributed by atoms with Gasteiger partial charge in [0.1, 0.15) is 4.86 Å². The van der Waals surface area contributed by atoms with Crippen molar-refractivity contribution >= 4 is 31.6 Å². The van der Waals surface area contributed by atoms with Crippen LogP contribution >= 0.6 is 0 Å². The molecule has 2 heterocycles. The van der Waals surface area contributed by atoms with E-state index in [0.717, 1.165) is 17.7 Å². The van der Waals surface area contributed by atoms with Gasteiger partial charge in [-0.3, -0.25) is 0 Å². The molecule has 0 N–H and O–H groups in total. The average Bonchev–Trinajstić information content (AvgIpc) is 2.65. The minimum atomic E-state index is -1.49. The summed E-state index contributed by atoms with van der Waals surface area (Å²) >= 11 is 0. The molecule has 0 saturated heterocycles. The second-order valence-corrected chi connectivity index (χ2v) is 5.44. The van der Waals surface area contributed by atoms with E-state index in [1.807, 2.05) is 20.0 Å². The van der Waals surface area contributed by atoms with Gasteiger partial charge in [-0.25, -0.2) is 14.0 Å². The Bertz CT molecular complexity index is 599. The van der Waals surface area contributed by atoms with Gasteiger partial charge < -0.3 is 9.64 Å². The maximum Gasteiger partial charge on any atom is 0.348 e. The Morgan fingerprint density at radius 3 is 2.89 bits per heavy atom. The highest BCUT2D eigenvalue weighted by atomic mass is 32.1. The molecule has 2 aliphatic rings. The molecule has 0 aromatic rings. The highest BCUT2D eigenvalue weighted by Gasteiger charge is 2.28. The molecule has 0 radical (unpaired) electrons. The quantitative estimate of drug-likeness (QED) is 0.557. The van der Waals surface area contributed by atoms with Gasteiger partial charge in [0, 0.05) is 11.9 Å². The van der Waals surface area contributed by atoms with Gasteiger partial charge in [-0.1, -0.05) is 6.92 Å². The van der Waals surface area contributed by atoms with Crippen LogP contribution in [0, 0.1) is 0 Å². The van der Waals surface area contributed by atoms with Crippen molar-refractivity contribution < 1.29 is 13.7 Å². The van der Waals surface area contributed by atoms with Gasteiger partial charge in [-0.2, -0.15) is 0 Å². The fraction of sp³-hybridized carbons (Fsp3) is 0.500. The number of nitrogens with zero attached hydrogens (tertiary/aromatic N) is 2. The summed E-state index contributed by atoms with van der Waals surface area (Å²) in [6.45, 7) is 6.28. The van der Waals surface area contributed by atoms with Crippen LogP contribution < -0.4 is 0 Å². The molecule has 0 saturated carbocycles. The highest BCUT2D eigenvalue weighted by molar-refractivity contribution is 7.86. The lowest BCUT2D eigenvalue weighted by molar-refractivity contribution is -0.134. The molecule has 0 atom stereocenters. The van der Waals surface area contributed by atoms with Gasteiger partial charge in [0.25, 0.3) is 0 Å². The van der Waals surface area contributed by atoms with Crippen molar-refractivity contribution in [3.63, 3.8) is 0 Å². The summed E-state index contributed by atoms with van der Waals surface area (Å²) in [4.78, 5) is 18.1. The second kappa shape index (κ2) is 4.97. The molecule has 18 heavy (non-hydrogen) atoms. The van der Waals surface area contributed by atoms with Crippen LogP contribution in [-0.4, -0.2) is 43.9 Å². The summed E-state index contributed by atoms with van der Waals surface area (Å²) in [6, 6.07) is 0. The predicted molar refractivity (Wildman–Crippen MR) is 73.0 cm³/mol. The summed E-state index contributed by atoms with van der Waals surface area (Å²) in [5.74, 6) is -0.489. The van der Waals surface area contributed by atoms with Crippen molar-refractivity contribution in [3.05, 3.63) is 11.8 Å². The zero-order valence-corrected chi connectivity index (χ0v) is 11.5. The van der Waals surface area contributed by atoms with Gasteiger partial charge in [0.15, 0.2) is 0 Å². The number of rotatable bonds is 3. The first-order valence-corrected chi connectivity index (χ1v) is 7.08. The van der Waals surface area contributed by atoms with Crippen LogP contribution in [0.3, 0.4) is 0 Å². The SMILES string of the molecule is CCOC(=O)C1=S(=O)=C2N=C(CC)C(C)=CN2C1. The smallest absolute Gasteiger partial charge is 0.348 e. The third-order valence-electron chi connectivity index (χ3n) is 2.82. The van der Waals surface area contributed by atoms with Crippen LogP contribution in [0.5, 0.6) is 0 Å². The van der Waals surface area contributed by atoms with E-state index >= 15 is 0 Å². The number of hydrogen-bond donors (Lipinski definition) is 0. The van der Waals surface area contributed by atoms with Crippen molar-refractivity contribution in [1.82, 2.24) is 4.90 Å². The third-order valence-corrected chi connectivity index (χ3v) is 4.22. The van der Waals surface area contributed by atoms with Crippen LogP contribution in [0.1, 0.15) is 27.2 Å².